The Labute approximate surface area is 118 Å². The van der Waals surface area contributed by atoms with Gasteiger partial charge in [0, 0.05) is 16.6 Å². The van der Waals surface area contributed by atoms with Gasteiger partial charge in [-0.2, -0.15) is 0 Å². The van der Waals surface area contributed by atoms with Crippen LogP contribution in [-0.4, -0.2) is 17.7 Å². The molecular weight excluding hydrogens is 356 g/mol. The van der Waals surface area contributed by atoms with Crippen LogP contribution in [0.25, 0.3) is 0 Å². The molecule has 0 aliphatic heterocycles. The van der Waals surface area contributed by atoms with Gasteiger partial charge in [0.1, 0.15) is 5.75 Å². The van der Waals surface area contributed by atoms with Crippen LogP contribution in [0.2, 0.25) is 5.02 Å². The zero-order valence-electron chi connectivity index (χ0n) is 9.24. The van der Waals surface area contributed by atoms with E-state index in [1.165, 1.54) is 0 Å². The Balaban J connectivity index is 2.88. The third kappa shape index (κ3) is 4.01. The number of benzene rings is 1. The summed E-state index contributed by atoms with van der Waals surface area (Å²) in [4.78, 5) is 11.3. The van der Waals surface area contributed by atoms with Gasteiger partial charge in [-0.25, -0.2) is 0 Å². The second-order valence-corrected chi connectivity index (χ2v) is 5.04. The van der Waals surface area contributed by atoms with Crippen LogP contribution in [0.15, 0.2) is 12.1 Å². The summed E-state index contributed by atoms with van der Waals surface area (Å²) in [7, 11) is 0. The molecule has 0 aromatic heterocycles. The second kappa shape index (κ2) is 6.42. The molecule has 4 nitrogen and oxygen atoms in total. The van der Waals surface area contributed by atoms with Crippen LogP contribution in [0.1, 0.15) is 24.9 Å². The third-order valence-electron chi connectivity index (χ3n) is 2.15. The van der Waals surface area contributed by atoms with Crippen molar-refractivity contribution in [3.63, 3.8) is 0 Å². The lowest BCUT2D eigenvalue weighted by atomic mass is 10.0. The molecule has 1 atom stereocenters. The monoisotopic (exact) mass is 369 g/mol. The molecule has 17 heavy (non-hydrogen) atoms. The van der Waals surface area contributed by atoms with Gasteiger partial charge in [0.25, 0.3) is 0 Å². The van der Waals surface area contributed by atoms with Crippen molar-refractivity contribution < 1.29 is 14.6 Å². The molecule has 0 fully saturated rings. The number of hydrogen-bond donors (Lipinski definition) is 2. The van der Waals surface area contributed by atoms with Crippen molar-refractivity contribution in [2.45, 2.75) is 19.4 Å². The van der Waals surface area contributed by atoms with Gasteiger partial charge in [-0.15, -0.1) is 0 Å². The topological polar surface area (TPSA) is 72.5 Å². The highest BCUT2D eigenvalue weighted by molar-refractivity contribution is 14.1. The summed E-state index contributed by atoms with van der Waals surface area (Å²) in [6.07, 6.45) is 0.0117. The minimum atomic E-state index is -0.624. The molecule has 0 spiro atoms. The fourth-order valence-corrected chi connectivity index (χ4v) is 2.44. The van der Waals surface area contributed by atoms with E-state index in [2.05, 4.69) is 0 Å². The van der Waals surface area contributed by atoms with Crippen molar-refractivity contribution >= 4 is 40.2 Å². The Morgan fingerprint density at radius 1 is 1.65 bits per heavy atom. The summed E-state index contributed by atoms with van der Waals surface area (Å²) in [6, 6.07) is 2.56. The van der Waals surface area contributed by atoms with E-state index in [1.54, 1.807) is 19.1 Å². The van der Waals surface area contributed by atoms with Gasteiger partial charge in [-0.1, -0.05) is 11.6 Å². The Morgan fingerprint density at radius 3 is 2.88 bits per heavy atom. The van der Waals surface area contributed by atoms with Crippen LogP contribution >= 0.6 is 34.2 Å². The fourth-order valence-electron chi connectivity index (χ4n) is 1.38. The summed E-state index contributed by atoms with van der Waals surface area (Å²) < 4.78 is 5.40. The summed E-state index contributed by atoms with van der Waals surface area (Å²) >= 11 is 7.83. The van der Waals surface area contributed by atoms with Crippen LogP contribution in [0.4, 0.5) is 0 Å². The van der Waals surface area contributed by atoms with E-state index in [-0.39, 0.29) is 12.2 Å². The molecule has 1 aromatic rings. The van der Waals surface area contributed by atoms with E-state index < -0.39 is 12.0 Å². The van der Waals surface area contributed by atoms with Crippen LogP contribution < -0.4 is 5.73 Å². The first-order valence-electron chi connectivity index (χ1n) is 5.04. The lowest BCUT2D eigenvalue weighted by Crippen LogP contribution is -2.17. The first-order chi connectivity index (χ1) is 7.95. The Morgan fingerprint density at radius 2 is 2.29 bits per heavy atom. The molecule has 0 aliphatic carbocycles. The molecule has 0 heterocycles. The third-order valence-corrected chi connectivity index (χ3v) is 3.19. The number of rotatable bonds is 4. The predicted octanol–water partition coefficient (Wildman–Crippen LogP) is 2.60. The first-order valence-corrected chi connectivity index (χ1v) is 6.50. The van der Waals surface area contributed by atoms with E-state index in [4.69, 9.17) is 22.1 Å². The Kier molecular flexibility index (Phi) is 5.48. The molecule has 0 amide bonds. The van der Waals surface area contributed by atoms with Crippen molar-refractivity contribution in [3.05, 3.63) is 26.3 Å². The lowest BCUT2D eigenvalue weighted by Gasteiger charge is -2.14. The first kappa shape index (κ1) is 14.5. The van der Waals surface area contributed by atoms with Gasteiger partial charge >= 0.3 is 5.97 Å². The van der Waals surface area contributed by atoms with Crippen molar-refractivity contribution in [2.24, 2.45) is 5.73 Å². The van der Waals surface area contributed by atoms with Gasteiger partial charge in [0.2, 0.25) is 0 Å². The highest BCUT2D eigenvalue weighted by Gasteiger charge is 2.18. The van der Waals surface area contributed by atoms with Crippen molar-refractivity contribution in [1.29, 1.82) is 0 Å². The van der Waals surface area contributed by atoms with Gasteiger partial charge in [-0.05, 0) is 41.6 Å². The second-order valence-electron chi connectivity index (χ2n) is 3.44. The molecule has 1 unspecified atom stereocenters. The Bertz CT molecular complexity index is 425. The maximum atomic E-state index is 11.3. The standard InChI is InChI=1S/C11H13ClINO3/c1-2-17-10(15)5-9(14)7-3-6(12)4-8(13)11(7)16/h3-4,9,16H,2,5,14H2,1H3. The predicted molar refractivity (Wildman–Crippen MR) is 74.0 cm³/mol. The molecule has 1 aromatic carbocycles. The van der Waals surface area contributed by atoms with E-state index in [9.17, 15) is 9.90 Å². The number of halogens is 2. The van der Waals surface area contributed by atoms with Crippen LogP contribution in [0, 0.1) is 3.57 Å². The number of ether oxygens (including phenoxy) is 1. The van der Waals surface area contributed by atoms with Crippen molar-refractivity contribution in [3.8, 4) is 5.75 Å². The molecule has 0 radical (unpaired) electrons. The molecule has 0 aliphatic rings. The van der Waals surface area contributed by atoms with E-state index in [0.717, 1.165) is 0 Å². The zero-order chi connectivity index (χ0) is 13.0. The molecule has 0 bridgehead atoms. The summed E-state index contributed by atoms with van der Waals surface area (Å²) in [5.74, 6) is -0.332. The average molecular weight is 370 g/mol. The lowest BCUT2D eigenvalue weighted by molar-refractivity contribution is -0.143. The van der Waals surface area contributed by atoms with Gasteiger partial charge < -0.3 is 15.6 Å². The number of nitrogens with two attached hydrogens (primary N) is 1. The largest absolute Gasteiger partial charge is 0.506 e. The number of hydrogen-bond acceptors (Lipinski definition) is 4. The number of esters is 1. The summed E-state index contributed by atoms with van der Waals surface area (Å²) in [6.45, 7) is 2.04. The van der Waals surface area contributed by atoms with Crippen molar-refractivity contribution in [2.75, 3.05) is 6.61 Å². The Hall–Kier alpha value is -0.530. The quantitative estimate of drug-likeness (QED) is 0.632. The number of aromatic hydroxyl groups is 1. The number of phenols is 1. The van der Waals surface area contributed by atoms with Gasteiger partial charge in [-0.3, -0.25) is 4.79 Å². The van der Waals surface area contributed by atoms with E-state index in [1.807, 2.05) is 22.6 Å². The highest BCUT2D eigenvalue weighted by atomic mass is 127. The minimum absolute atomic E-state index is 0.0117. The molecule has 0 saturated heterocycles. The molecule has 6 heteroatoms. The molecule has 1 rings (SSSR count). The average Bonchev–Trinajstić information content (AvgIpc) is 2.23. The van der Waals surface area contributed by atoms with Gasteiger partial charge in [0.05, 0.1) is 16.6 Å². The number of carbonyl (C=O) groups is 1. The van der Waals surface area contributed by atoms with Gasteiger partial charge in [0.15, 0.2) is 0 Å². The molecule has 94 valence electrons. The highest BCUT2D eigenvalue weighted by Crippen LogP contribution is 2.32. The van der Waals surface area contributed by atoms with Crippen LogP contribution in [0.5, 0.6) is 5.75 Å². The van der Waals surface area contributed by atoms with E-state index >= 15 is 0 Å². The van der Waals surface area contributed by atoms with E-state index in [0.29, 0.717) is 20.8 Å². The minimum Gasteiger partial charge on any atom is -0.506 e. The molecule has 3 N–H and O–H groups in total. The SMILES string of the molecule is CCOC(=O)CC(N)c1cc(Cl)cc(I)c1O. The maximum Gasteiger partial charge on any atom is 0.307 e. The van der Waals surface area contributed by atoms with Crippen LogP contribution in [0.3, 0.4) is 0 Å². The molecular formula is C11H13ClINO3. The number of carbonyl (C=O) groups excluding carboxylic acids is 1. The maximum absolute atomic E-state index is 11.3. The van der Waals surface area contributed by atoms with Crippen LogP contribution in [-0.2, 0) is 9.53 Å². The summed E-state index contributed by atoms with van der Waals surface area (Å²) in [5.41, 5.74) is 6.30. The van der Waals surface area contributed by atoms with Crippen molar-refractivity contribution in [1.82, 2.24) is 0 Å². The normalized spacial score (nSPS) is 12.2. The fraction of sp³-hybridized carbons (Fsp3) is 0.364. The summed E-state index contributed by atoms with van der Waals surface area (Å²) in [5, 5.41) is 10.3. The zero-order valence-corrected chi connectivity index (χ0v) is 12.2. The smallest absolute Gasteiger partial charge is 0.307 e. The number of phenolic OH excluding ortho intramolecular Hbond substituents is 1. The molecule has 0 saturated carbocycles.